The molecule has 2 heterocycles. The first kappa shape index (κ1) is 19.1. The molecule has 5 aliphatic carbocycles. The zero-order valence-corrected chi connectivity index (χ0v) is 18.8. The van der Waals surface area contributed by atoms with Crippen molar-refractivity contribution in [1.29, 1.82) is 0 Å². The zero-order valence-electron chi connectivity index (χ0n) is 18.8. The fourth-order valence-corrected chi connectivity index (χ4v) is 9.26. The molecule has 1 amide bonds. The van der Waals surface area contributed by atoms with Gasteiger partial charge in [-0.2, -0.15) is 0 Å². The Bertz CT molecular complexity index is 904. The minimum Gasteiger partial charge on any atom is -0.381 e. The fraction of sp³-hybridized carbons (Fsp3) is 0.741. The molecule has 4 heteroatoms. The average Bonchev–Trinajstić information content (AvgIpc) is 3.45. The topological polar surface area (TPSA) is 41.6 Å². The van der Waals surface area contributed by atoms with Gasteiger partial charge in [0.1, 0.15) is 0 Å². The maximum Gasteiger partial charge on any atom is 0.227 e. The van der Waals surface area contributed by atoms with E-state index in [1.54, 1.807) is 0 Å². The number of ether oxygens (including phenoxy) is 1. The molecule has 166 valence electrons. The first-order chi connectivity index (χ1) is 15.1. The van der Waals surface area contributed by atoms with E-state index in [1.807, 2.05) is 0 Å². The third-order valence-corrected chi connectivity index (χ3v) is 10.5. The first-order valence-corrected chi connectivity index (χ1v) is 12.7. The number of nitrogens with zero attached hydrogens (tertiary/aromatic N) is 1. The molecule has 1 aromatic carbocycles. The van der Waals surface area contributed by atoms with Crippen LogP contribution in [-0.4, -0.2) is 49.2 Å². The number of fused-ring (bicyclic) bond motifs is 2. The van der Waals surface area contributed by atoms with E-state index in [-0.39, 0.29) is 16.2 Å². The van der Waals surface area contributed by atoms with Gasteiger partial charge in [0.05, 0.1) is 18.1 Å². The van der Waals surface area contributed by atoms with Crippen LogP contribution < -0.4 is 5.32 Å². The summed E-state index contributed by atoms with van der Waals surface area (Å²) in [6, 6.07) is 12.1. The summed E-state index contributed by atoms with van der Waals surface area (Å²) >= 11 is 0. The third-order valence-electron chi connectivity index (χ3n) is 10.5. The van der Waals surface area contributed by atoms with Gasteiger partial charge in [-0.25, -0.2) is 0 Å². The highest BCUT2D eigenvalue weighted by molar-refractivity contribution is 5.86. The highest BCUT2D eigenvalue weighted by Crippen LogP contribution is 2.76. The molecule has 5 unspecified atom stereocenters. The summed E-state index contributed by atoms with van der Waals surface area (Å²) in [6.45, 7) is 5.94. The summed E-state index contributed by atoms with van der Waals surface area (Å²) in [7, 11) is 0. The van der Waals surface area contributed by atoms with Gasteiger partial charge in [0, 0.05) is 31.2 Å². The number of nitrogens with one attached hydrogen (secondary N) is 1. The van der Waals surface area contributed by atoms with Gasteiger partial charge >= 0.3 is 0 Å². The smallest absolute Gasteiger partial charge is 0.227 e. The van der Waals surface area contributed by atoms with E-state index in [0.29, 0.717) is 23.9 Å². The van der Waals surface area contributed by atoms with Gasteiger partial charge in [0.25, 0.3) is 0 Å². The molecule has 2 saturated heterocycles. The number of hydrogen-bond donors (Lipinski definition) is 1. The van der Waals surface area contributed by atoms with Crippen molar-refractivity contribution in [2.75, 3.05) is 26.3 Å². The van der Waals surface area contributed by atoms with Crippen LogP contribution >= 0.6 is 0 Å². The average molecular weight is 421 g/mol. The lowest BCUT2D eigenvalue weighted by Gasteiger charge is -2.52. The van der Waals surface area contributed by atoms with E-state index in [9.17, 15) is 4.79 Å². The van der Waals surface area contributed by atoms with Crippen molar-refractivity contribution in [2.45, 2.75) is 69.4 Å². The Balaban J connectivity index is 1.19. The van der Waals surface area contributed by atoms with Gasteiger partial charge in [0.15, 0.2) is 0 Å². The van der Waals surface area contributed by atoms with Crippen LogP contribution in [0.3, 0.4) is 0 Å². The van der Waals surface area contributed by atoms with E-state index < -0.39 is 0 Å². The Morgan fingerprint density at radius 1 is 1.10 bits per heavy atom. The molecule has 2 aliphatic heterocycles. The molecule has 8 rings (SSSR count). The molecule has 1 aromatic rings. The van der Waals surface area contributed by atoms with Crippen molar-refractivity contribution in [1.82, 2.24) is 10.2 Å². The SMILES string of the molecule is CCOC[C@]12CC3CC1(C(=O)N[C@@H]1CN4CC5CC5CC14)C[C@@](c1ccccc1)(C3)C2. The Hall–Kier alpha value is -1.39. The highest BCUT2D eigenvalue weighted by atomic mass is 16.5. The van der Waals surface area contributed by atoms with Crippen LogP contribution in [0.25, 0.3) is 0 Å². The minimum atomic E-state index is -0.238. The number of carbonyl (C=O) groups is 1. The van der Waals surface area contributed by atoms with E-state index in [2.05, 4.69) is 47.5 Å². The minimum absolute atomic E-state index is 0.0173. The maximum absolute atomic E-state index is 14.1. The van der Waals surface area contributed by atoms with Crippen molar-refractivity contribution in [3.05, 3.63) is 35.9 Å². The van der Waals surface area contributed by atoms with E-state index in [4.69, 9.17) is 4.74 Å². The molecule has 4 nitrogen and oxygen atoms in total. The largest absolute Gasteiger partial charge is 0.381 e. The molecule has 31 heavy (non-hydrogen) atoms. The molecule has 0 aromatic heterocycles. The molecule has 0 radical (unpaired) electrons. The van der Waals surface area contributed by atoms with Gasteiger partial charge in [0.2, 0.25) is 5.91 Å². The van der Waals surface area contributed by atoms with E-state index >= 15 is 0 Å². The van der Waals surface area contributed by atoms with Crippen LogP contribution in [0.4, 0.5) is 0 Å². The van der Waals surface area contributed by atoms with Crippen LogP contribution in [-0.2, 0) is 14.9 Å². The normalized spacial score (nSPS) is 48.7. The Morgan fingerprint density at radius 3 is 2.81 bits per heavy atom. The second-order valence-electron chi connectivity index (χ2n) is 12.1. The van der Waals surface area contributed by atoms with E-state index in [0.717, 1.165) is 50.9 Å². The second-order valence-corrected chi connectivity index (χ2v) is 12.1. The van der Waals surface area contributed by atoms with Gasteiger partial charge in [-0.15, -0.1) is 0 Å². The van der Waals surface area contributed by atoms with Crippen molar-refractivity contribution in [3.8, 4) is 0 Å². The molecule has 0 spiro atoms. The predicted octanol–water partition coefficient (Wildman–Crippen LogP) is 3.75. The number of amides is 1. The van der Waals surface area contributed by atoms with Crippen LogP contribution in [0, 0.1) is 28.6 Å². The summed E-state index contributed by atoms with van der Waals surface area (Å²) in [5.74, 6) is 2.94. The number of piperidine rings is 1. The van der Waals surface area contributed by atoms with Gasteiger partial charge in [-0.05, 0) is 80.6 Å². The summed E-state index contributed by atoms with van der Waals surface area (Å²) in [5.41, 5.74) is 1.40. The second kappa shape index (κ2) is 6.35. The maximum atomic E-state index is 14.1. The Kier molecular flexibility index (Phi) is 3.91. The standard InChI is InChI=1S/C27H36N2O2/c1-2-31-17-26-11-18-10-25(15-26,21-6-4-3-5-7-21)16-27(26,12-18)24(30)28-22-14-29-13-20-8-19(20)9-23(22)29/h3-7,18-20,22-23H,2,8-17H2,1H3,(H,28,30)/t18?,19?,20?,22-,23?,25-,26-,27?/m1/s1. The van der Waals surface area contributed by atoms with Crippen molar-refractivity contribution >= 4 is 5.91 Å². The van der Waals surface area contributed by atoms with Crippen LogP contribution in [0.2, 0.25) is 0 Å². The van der Waals surface area contributed by atoms with Crippen molar-refractivity contribution in [2.24, 2.45) is 28.6 Å². The van der Waals surface area contributed by atoms with Crippen LogP contribution in [0.5, 0.6) is 0 Å². The van der Waals surface area contributed by atoms with Crippen molar-refractivity contribution < 1.29 is 9.53 Å². The lowest BCUT2D eigenvalue weighted by molar-refractivity contribution is -0.142. The number of rotatable bonds is 6. The molecule has 7 aliphatic rings. The van der Waals surface area contributed by atoms with Gasteiger partial charge in [-0.3, -0.25) is 9.69 Å². The van der Waals surface area contributed by atoms with E-state index in [1.165, 1.54) is 37.8 Å². The quantitative estimate of drug-likeness (QED) is 0.762. The predicted molar refractivity (Wildman–Crippen MR) is 120 cm³/mol. The van der Waals surface area contributed by atoms with Gasteiger partial charge in [-0.1, -0.05) is 30.3 Å². The molecule has 7 fully saturated rings. The lowest BCUT2D eigenvalue weighted by Crippen LogP contribution is -2.69. The fourth-order valence-electron chi connectivity index (χ4n) is 9.26. The number of benzene rings is 1. The van der Waals surface area contributed by atoms with Crippen LogP contribution in [0.1, 0.15) is 57.4 Å². The highest BCUT2D eigenvalue weighted by Gasteiger charge is 2.74. The van der Waals surface area contributed by atoms with Crippen molar-refractivity contribution in [3.63, 3.8) is 0 Å². The van der Waals surface area contributed by atoms with Gasteiger partial charge < -0.3 is 10.1 Å². The van der Waals surface area contributed by atoms with Crippen LogP contribution in [0.15, 0.2) is 30.3 Å². The first-order valence-electron chi connectivity index (χ1n) is 12.7. The summed E-state index contributed by atoms with van der Waals surface area (Å²) in [4.78, 5) is 16.8. The molecular weight excluding hydrogens is 384 g/mol. The number of carbonyl (C=O) groups excluding carboxylic acids is 1. The molecule has 8 atom stereocenters. The Morgan fingerprint density at radius 2 is 1.97 bits per heavy atom. The zero-order chi connectivity index (χ0) is 20.8. The Labute approximate surface area is 186 Å². The monoisotopic (exact) mass is 420 g/mol. The molecule has 1 N–H and O–H groups in total. The lowest BCUT2D eigenvalue weighted by atomic mass is 9.63. The summed E-state index contributed by atoms with van der Waals surface area (Å²) in [5, 5.41) is 3.63. The molecular formula is C27H36N2O2. The molecule has 5 saturated carbocycles. The summed E-state index contributed by atoms with van der Waals surface area (Å²) < 4.78 is 6.11. The summed E-state index contributed by atoms with van der Waals surface area (Å²) in [6.07, 6.45) is 8.39. The number of hydrogen-bond acceptors (Lipinski definition) is 3. The molecule has 4 bridgehead atoms. The third kappa shape index (κ3) is 2.52.